The summed E-state index contributed by atoms with van der Waals surface area (Å²) >= 11 is 0. The van der Waals surface area contributed by atoms with E-state index in [9.17, 15) is 9.59 Å². The maximum absolute atomic E-state index is 12.6. The van der Waals surface area contributed by atoms with Crippen molar-refractivity contribution >= 4 is 12.2 Å². The Hall–Kier alpha value is -2.63. The molecule has 0 unspecified atom stereocenters. The molecule has 6 nitrogen and oxygen atoms in total. The van der Waals surface area contributed by atoms with Crippen LogP contribution in [0.15, 0.2) is 30.3 Å². The Morgan fingerprint density at radius 3 is 3.00 bits per heavy atom. The fourth-order valence-electron chi connectivity index (χ4n) is 2.81. The van der Waals surface area contributed by atoms with E-state index in [-0.39, 0.29) is 5.91 Å². The van der Waals surface area contributed by atoms with E-state index in [4.69, 9.17) is 4.74 Å². The first kappa shape index (κ1) is 16.2. The molecule has 1 amide bonds. The van der Waals surface area contributed by atoms with Crippen LogP contribution in [-0.2, 0) is 4.79 Å². The highest BCUT2D eigenvalue weighted by molar-refractivity contribution is 5.94. The zero-order chi connectivity index (χ0) is 16.9. The summed E-state index contributed by atoms with van der Waals surface area (Å²) in [5.41, 5.74) is 1.90. The molecule has 126 valence electrons. The van der Waals surface area contributed by atoms with Gasteiger partial charge in [0.05, 0.1) is 24.0 Å². The minimum atomic E-state index is -0.476. The third-order valence-corrected chi connectivity index (χ3v) is 4.04. The van der Waals surface area contributed by atoms with Gasteiger partial charge in [-0.05, 0) is 44.4 Å². The second kappa shape index (κ2) is 7.29. The van der Waals surface area contributed by atoms with Crippen molar-refractivity contribution in [3.05, 3.63) is 41.7 Å². The molecule has 1 aliphatic rings. The van der Waals surface area contributed by atoms with E-state index in [1.54, 1.807) is 10.7 Å². The molecule has 3 rings (SSSR count). The van der Waals surface area contributed by atoms with Gasteiger partial charge >= 0.3 is 0 Å². The molecule has 24 heavy (non-hydrogen) atoms. The fourth-order valence-corrected chi connectivity index (χ4v) is 2.81. The summed E-state index contributed by atoms with van der Waals surface area (Å²) in [6.45, 7) is 2.46. The summed E-state index contributed by atoms with van der Waals surface area (Å²) in [5.74, 6) is 0.464. The number of ether oxygens (including phenoxy) is 1. The van der Waals surface area contributed by atoms with Crippen LogP contribution in [0.3, 0.4) is 0 Å². The van der Waals surface area contributed by atoms with Gasteiger partial charge in [-0.3, -0.25) is 4.79 Å². The third kappa shape index (κ3) is 3.64. The average Bonchev–Trinajstić information content (AvgIpc) is 2.98. The molecular weight excluding hydrogens is 306 g/mol. The number of nitrogens with one attached hydrogen (secondary N) is 1. The van der Waals surface area contributed by atoms with Crippen molar-refractivity contribution in [3.8, 4) is 11.4 Å². The van der Waals surface area contributed by atoms with Crippen molar-refractivity contribution in [2.45, 2.75) is 38.6 Å². The van der Waals surface area contributed by atoms with E-state index < -0.39 is 6.04 Å². The van der Waals surface area contributed by atoms with Gasteiger partial charge in [-0.25, -0.2) is 4.68 Å². The van der Waals surface area contributed by atoms with Gasteiger partial charge in [0.25, 0.3) is 5.91 Å². The quantitative estimate of drug-likeness (QED) is 0.817. The number of nitrogens with zero attached hydrogens (tertiary/aromatic N) is 2. The number of aryl methyl sites for hydroxylation is 1. The number of aldehydes is 1. The third-order valence-electron chi connectivity index (χ3n) is 4.04. The average molecular weight is 327 g/mol. The molecule has 1 aromatic carbocycles. The number of hydrogen-bond acceptors (Lipinski definition) is 4. The Balaban J connectivity index is 2.00. The van der Waals surface area contributed by atoms with Crippen molar-refractivity contribution in [3.63, 3.8) is 0 Å². The summed E-state index contributed by atoms with van der Waals surface area (Å²) in [6.07, 6.45) is 4.17. The van der Waals surface area contributed by atoms with Crippen LogP contribution in [-0.4, -0.2) is 34.6 Å². The van der Waals surface area contributed by atoms with Gasteiger partial charge in [-0.1, -0.05) is 12.5 Å². The van der Waals surface area contributed by atoms with Crippen molar-refractivity contribution in [2.24, 2.45) is 0 Å². The van der Waals surface area contributed by atoms with Gasteiger partial charge in [-0.15, -0.1) is 0 Å². The van der Waals surface area contributed by atoms with E-state index in [1.807, 2.05) is 31.2 Å². The first-order valence-corrected chi connectivity index (χ1v) is 8.23. The number of rotatable bonds is 1. The predicted octanol–water partition coefficient (Wildman–Crippen LogP) is 2.43. The Bertz CT molecular complexity index is 739. The molecule has 1 atom stereocenters. The lowest BCUT2D eigenvalue weighted by Gasteiger charge is -2.15. The first-order chi connectivity index (χ1) is 11.7. The number of aromatic nitrogens is 2. The summed E-state index contributed by atoms with van der Waals surface area (Å²) < 4.78 is 7.37. The minimum Gasteiger partial charge on any atom is -0.494 e. The van der Waals surface area contributed by atoms with Crippen LogP contribution in [0.5, 0.6) is 5.75 Å². The first-order valence-electron chi connectivity index (χ1n) is 8.23. The number of benzene rings is 1. The molecule has 1 aliphatic heterocycles. The van der Waals surface area contributed by atoms with Crippen LogP contribution in [0.4, 0.5) is 0 Å². The molecule has 0 saturated carbocycles. The van der Waals surface area contributed by atoms with Crippen LogP contribution in [0.25, 0.3) is 5.69 Å². The highest BCUT2D eigenvalue weighted by Crippen LogP contribution is 2.20. The molecule has 1 aromatic heterocycles. The van der Waals surface area contributed by atoms with Crippen LogP contribution in [0, 0.1) is 6.92 Å². The Morgan fingerprint density at radius 2 is 2.17 bits per heavy atom. The van der Waals surface area contributed by atoms with Gasteiger partial charge < -0.3 is 14.8 Å². The molecule has 2 heterocycles. The molecule has 0 spiro atoms. The predicted molar refractivity (Wildman–Crippen MR) is 89.6 cm³/mol. The Labute approximate surface area is 140 Å². The summed E-state index contributed by atoms with van der Waals surface area (Å²) in [7, 11) is 0. The molecule has 0 aliphatic carbocycles. The van der Waals surface area contributed by atoms with Gasteiger partial charge in [0.2, 0.25) is 0 Å². The number of hydrogen-bond donors (Lipinski definition) is 1. The maximum atomic E-state index is 12.6. The Morgan fingerprint density at radius 1 is 1.29 bits per heavy atom. The van der Waals surface area contributed by atoms with Crippen LogP contribution in [0.2, 0.25) is 0 Å². The van der Waals surface area contributed by atoms with E-state index >= 15 is 0 Å². The topological polar surface area (TPSA) is 73.2 Å². The standard InChI is InChI=1S/C18H21N3O3/c1-13-10-17-18(23)19-14(12-22)6-3-2-4-9-24-16-8-5-7-15(11-16)21(17)20-13/h5,7-8,10-12,14H,2-4,6,9H2,1H3,(H,19,23)/t14-/m0/s1. The van der Waals surface area contributed by atoms with Crippen molar-refractivity contribution in [2.75, 3.05) is 6.61 Å². The van der Waals surface area contributed by atoms with E-state index in [0.717, 1.165) is 42.7 Å². The molecule has 2 aromatic rings. The SMILES string of the molecule is Cc1cc2n(n1)-c1cccc(c1)OCCCCC[C@@H](C=O)NC2=O. The smallest absolute Gasteiger partial charge is 0.270 e. The number of carbonyl (C=O) groups excluding carboxylic acids is 2. The second-order valence-electron chi connectivity index (χ2n) is 5.99. The van der Waals surface area contributed by atoms with Crippen molar-refractivity contribution in [1.82, 2.24) is 15.1 Å². The highest BCUT2D eigenvalue weighted by Gasteiger charge is 2.19. The molecule has 0 fully saturated rings. The van der Waals surface area contributed by atoms with E-state index in [2.05, 4.69) is 10.4 Å². The molecule has 0 saturated heterocycles. The van der Waals surface area contributed by atoms with Crippen LogP contribution < -0.4 is 10.1 Å². The zero-order valence-corrected chi connectivity index (χ0v) is 13.7. The summed E-state index contributed by atoms with van der Waals surface area (Å²) in [6, 6.07) is 8.76. The maximum Gasteiger partial charge on any atom is 0.270 e. The van der Waals surface area contributed by atoms with Gasteiger partial charge in [0, 0.05) is 6.07 Å². The fraction of sp³-hybridized carbons (Fsp3) is 0.389. The van der Waals surface area contributed by atoms with Crippen molar-refractivity contribution in [1.29, 1.82) is 0 Å². The zero-order valence-electron chi connectivity index (χ0n) is 13.7. The number of amides is 1. The molecule has 2 bridgehead atoms. The molecule has 0 radical (unpaired) electrons. The van der Waals surface area contributed by atoms with Crippen LogP contribution in [0.1, 0.15) is 41.9 Å². The second-order valence-corrected chi connectivity index (χ2v) is 5.99. The van der Waals surface area contributed by atoms with Crippen molar-refractivity contribution < 1.29 is 14.3 Å². The summed E-state index contributed by atoms with van der Waals surface area (Å²) in [4.78, 5) is 23.8. The number of fused-ring (bicyclic) bond motifs is 4. The van der Waals surface area contributed by atoms with E-state index in [0.29, 0.717) is 18.7 Å². The van der Waals surface area contributed by atoms with Crippen LogP contribution >= 0.6 is 0 Å². The molecular formula is C18H21N3O3. The largest absolute Gasteiger partial charge is 0.494 e. The minimum absolute atomic E-state index is 0.295. The molecule has 1 N–H and O–H groups in total. The monoisotopic (exact) mass is 327 g/mol. The van der Waals surface area contributed by atoms with Gasteiger partial charge in [0.15, 0.2) is 0 Å². The lowest BCUT2D eigenvalue weighted by Crippen LogP contribution is -2.37. The Kier molecular flexibility index (Phi) is 4.93. The van der Waals surface area contributed by atoms with Gasteiger partial charge in [-0.2, -0.15) is 5.10 Å². The van der Waals surface area contributed by atoms with Gasteiger partial charge in [0.1, 0.15) is 17.7 Å². The normalized spacial score (nSPS) is 18.7. The lowest BCUT2D eigenvalue weighted by atomic mass is 10.1. The number of carbonyl (C=O) groups is 2. The highest BCUT2D eigenvalue weighted by atomic mass is 16.5. The van der Waals surface area contributed by atoms with E-state index in [1.165, 1.54) is 0 Å². The summed E-state index contributed by atoms with van der Waals surface area (Å²) in [5, 5.41) is 7.21. The molecule has 6 heteroatoms. The lowest BCUT2D eigenvalue weighted by molar-refractivity contribution is -0.109.